The molecule has 0 saturated carbocycles. The van der Waals surface area contributed by atoms with Crippen molar-refractivity contribution in [3.05, 3.63) is 65.7 Å². The summed E-state index contributed by atoms with van der Waals surface area (Å²) in [6.07, 6.45) is 0. The molecule has 0 heterocycles. The minimum Gasteiger partial charge on any atom is -0.495 e. The lowest BCUT2D eigenvalue weighted by molar-refractivity contribution is 0.417. The van der Waals surface area contributed by atoms with E-state index in [4.69, 9.17) is 16.3 Å². The van der Waals surface area contributed by atoms with Crippen molar-refractivity contribution in [2.24, 2.45) is 0 Å². The van der Waals surface area contributed by atoms with Crippen LogP contribution in [0.25, 0.3) is 10.8 Å². The molecular weight excluding hydrogens is 270 g/mol. The van der Waals surface area contributed by atoms with Crippen molar-refractivity contribution in [2.45, 2.75) is 0 Å². The monoisotopic (exact) mass is 283 g/mol. The van der Waals surface area contributed by atoms with Gasteiger partial charge in [-0.2, -0.15) is 0 Å². The number of hydrogen-bond donors (Lipinski definition) is 1. The number of hydrogen-bond acceptors (Lipinski definition) is 2. The second-order valence-corrected chi connectivity index (χ2v) is 4.97. The van der Waals surface area contributed by atoms with E-state index in [-0.39, 0.29) is 0 Å². The van der Waals surface area contributed by atoms with E-state index in [0.29, 0.717) is 5.02 Å². The van der Waals surface area contributed by atoms with Crippen LogP contribution in [0.2, 0.25) is 5.02 Å². The Balaban J connectivity index is 1.98. The molecule has 0 aromatic heterocycles. The molecule has 0 bridgehead atoms. The topological polar surface area (TPSA) is 21.3 Å². The molecule has 0 spiro atoms. The summed E-state index contributed by atoms with van der Waals surface area (Å²) in [4.78, 5) is 0. The van der Waals surface area contributed by atoms with Crippen molar-refractivity contribution in [2.75, 3.05) is 12.4 Å². The van der Waals surface area contributed by atoms with E-state index in [1.165, 1.54) is 10.8 Å². The third kappa shape index (κ3) is 2.56. The Morgan fingerprint density at radius 2 is 1.70 bits per heavy atom. The van der Waals surface area contributed by atoms with Gasteiger partial charge in [-0.05, 0) is 41.1 Å². The number of benzene rings is 3. The second kappa shape index (κ2) is 5.43. The van der Waals surface area contributed by atoms with Gasteiger partial charge in [0, 0.05) is 10.7 Å². The van der Waals surface area contributed by atoms with Crippen LogP contribution in [-0.2, 0) is 0 Å². The molecule has 0 fully saturated rings. The number of fused-ring (bicyclic) bond motifs is 1. The minimum atomic E-state index is 0.675. The van der Waals surface area contributed by atoms with E-state index in [9.17, 15) is 0 Å². The van der Waals surface area contributed by atoms with E-state index in [2.05, 4.69) is 29.6 Å². The second-order valence-electron chi connectivity index (χ2n) is 4.53. The van der Waals surface area contributed by atoms with Crippen molar-refractivity contribution >= 4 is 33.7 Å². The zero-order chi connectivity index (χ0) is 13.9. The molecule has 100 valence electrons. The molecule has 3 aromatic carbocycles. The minimum absolute atomic E-state index is 0.675. The van der Waals surface area contributed by atoms with E-state index >= 15 is 0 Å². The molecule has 0 aliphatic carbocycles. The van der Waals surface area contributed by atoms with Crippen LogP contribution in [0.15, 0.2) is 60.7 Å². The molecule has 0 amide bonds. The van der Waals surface area contributed by atoms with Crippen LogP contribution >= 0.6 is 11.6 Å². The van der Waals surface area contributed by atoms with Gasteiger partial charge >= 0.3 is 0 Å². The van der Waals surface area contributed by atoms with Gasteiger partial charge in [0.2, 0.25) is 0 Å². The molecule has 3 rings (SSSR count). The maximum Gasteiger partial charge on any atom is 0.142 e. The van der Waals surface area contributed by atoms with Gasteiger partial charge in [-0.15, -0.1) is 0 Å². The van der Waals surface area contributed by atoms with Gasteiger partial charge in [-0.1, -0.05) is 41.9 Å². The summed E-state index contributed by atoms with van der Waals surface area (Å²) in [6.45, 7) is 0. The maximum absolute atomic E-state index is 6.04. The molecule has 3 heteroatoms. The van der Waals surface area contributed by atoms with Crippen molar-refractivity contribution in [3.63, 3.8) is 0 Å². The van der Waals surface area contributed by atoms with Gasteiger partial charge in [-0.25, -0.2) is 0 Å². The molecule has 2 nitrogen and oxygen atoms in total. The first-order valence-electron chi connectivity index (χ1n) is 6.35. The summed E-state index contributed by atoms with van der Waals surface area (Å²) in [5.74, 6) is 0.766. The molecule has 0 atom stereocenters. The van der Waals surface area contributed by atoms with Crippen LogP contribution in [0.1, 0.15) is 0 Å². The fraction of sp³-hybridized carbons (Fsp3) is 0.0588. The number of rotatable bonds is 3. The normalized spacial score (nSPS) is 10.5. The Labute approximate surface area is 123 Å². The molecule has 3 aromatic rings. The smallest absolute Gasteiger partial charge is 0.142 e. The number of methoxy groups -OCH3 is 1. The summed E-state index contributed by atoms with van der Waals surface area (Å²) in [5, 5.41) is 6.43. The van der Waals surface area contributed by atoms with Crippen LogP contribution < -0.4 is 10.1 Å². The largest absolute Gasteiger partial charge is 0.495 e. The lowest BCUT2D eigenvalue weighted by Gasteiger charge is -2.12. The zero-order valence-electron chi connectivity index (χ0n) is 11.1. The average Bonchev–Trinajstić information content (AvgIpc) is 2.47. The number of anilines is 2. The Morgan fingerprint density at radius 1 is 0.900 bits per heavy atom. The van der Waals surface area contributed by atoms with Crippen molar-refractivity contribution in [3.8, 4) is 5.75 Å². The molecule has 0 radical (unpaired) electrons. The molecule has 20 heavy (non-hydrogen) atoms. The van der Waals surface area contributed by atoms with Gasteiger partial charge in [0.05, 0.1) is 12.8 Å². The number of ether oxygens (including phenoxy) is 1. The van der Waals surface area contributed by atoms with E-state index in [0.717, 1.165) is 17.1 Å². The number of nitrogens with one attached hydrogen (secondary N) is 1. The van der Waals surface area contributed by atoms with Crippen molar-refractivity contribution < 1.29 is 4.74 Å². The van der Waals surface area contributed by atoms with Crippen LogP contribution in [-0.4, -0.2) is 7.11 Å². The Morgan fingerprint density at radius 3 is 2.50 bits per heavy atom. The molecule has 0 unspecified atom stereocenters. The first-order chi connectivity index (χ1) is 9.76. The van der Waals surface area contributed by atoms with Gasteiger partial charge in [0.1, 0.15) is 5.75 Å². The summed E-state index contributed by atoms with van der Waals surface area (Å²) in [5.41, 5.74) is 1.86. The van der Waals surface area contributed by atoms with Gasteiger partial charge in [0.25, 0.3) is 0 Å². The van der Waals surface area contributed by atoms with Crippen LogP contribution in [0.4, 0.5) is 11.4 Å². The third-order valence-electron chi connectivity index (χ3n) is 3.19. The predicted octanol–water partition coefficient (Wildman–Crippen LogP) is 5.25. The average molecular weight is 284 g/mol. The Bertz CT molecular complexity index is 755. The standard InChI is InChI=1S/C17H14ClNO/c1-20-17-9-7-14(18)11-16(17)19-15-8-6-12-4-2-3-5-13(12)10-15/h2-11,19H,1H3. The van der Waals surface area contributed by atoms with Crippen LogP contribution in [0, 0.1) is 0 Å². The third-order valence-corrected chi connectivity index (χ3v) is 3.43. The highest BCUT2D eigenvalue weighted by molar-refractivity contribution is 6.31. The maximum atomic E-state index is 6.04. The molecule has 0 aliphatic rings. The van der Waals surface area contributed by atoms with Crippen LogP contribution in [0.3, 0.4) is 0 Å². The molecular formula is C17H14ClNO. The van der Waals surface area contributed by atoms with Crippen LogP contribution in [0.5, 0.6) is 5.75 Å². The predicted molar refractivity (Wildman–Crippen MR) is 85.2 cm³/mol. The van der Waals surface area contributed by atoms with E-state index in [1.807, 2.05) is 36.4 Å². The van der Waals surface area contributed by atoms with Gasteiger partial charge < -0.3 is 10.1 Å². The molecule has 1 N–H and O–H groups in total. The summed E-state index contributed by atoms with van der Waals surface area (Å²) in [7, 11) is 1.65. The highest BCUT2D eigenvalue weighted by Gasteiger charge is 2.04. The number of halogens is 1. The van der Waals surface area contributed by atoms with Crippen molar-refractivity contribution in [1.29, 1.82) is 0 Å². The first kappa shape index (κ1) is 12.8. The SMILES string of the molecule is COc1ccc(Cl)cc1Nc1ccc2ccccc2c1. The van der Waals surface area contributed by atoms with Gasteiger partial charge in [0.15, 0.2) is 0 Å². The molecule has 0 saturated heterocycles. The quantitative estimate of drug-likeness (QED) is 0.709. The summed E-state index contributed by atoms with van der Waals surface area (Å²) >= 11 is 6.04. The fourth-order valence-corrected chi connectivity index (χ4v) is 2.37. The first-order valence-corrected chi connectivity index (χ1v) is 6.73. The Kier molecular flexibility index (Phi) is 3.48. The summed E-state index contributed by atoms with van der Waals surface area (Å²) in [6, 6.07) is 20.0. The Hall–Kier alpha value is -2.19. The molecule has 0 aliphatic heterocycles. The lowest BCUT2D eigenvalue weighted by atomic mass is 10.1. The fourth-order valence-electron chi connectivity index (χ4n) is 2.20. The lowest BCUT2D eigenvalue weighted by Crippen LogP contribution is -1.94. The van der Waals surface area contributed by atoms with E-state index < -0.39 is 0 Å². The zero-order valence-corrected chi connectivity index (χ0v) is 11.8. The highest BCUT2D eigenvalue weighted by Crippen LogP contribution is 2.31. The van der Waals surface area contributed by atoms with Gasteiger partial charge in [-0.3, -0.25) is 0 Å². The van der Waals surface area contributed by atoms with E-state index in [1.54, 1.807) is 7.11 Å². The van der Waals surface area contributed by atoms with Crippen molar-refractivity contribution in [1.82, 2.24) is 0 Å². The summed E-state index contributed by atoms with van der Waals surface area (Å²) < 4.78 is 5.34. The highest BCUT2D eigenvalue weighted by atomic mass is 35.5.